The van der Waals surface area contributed by atoms with Crippen LogP contribution in [0.3, 0.4) is 0 Å². The van der Waals surface area contributed by atoms with Crippen LogP contribution in [-0.4, -0.2) is 14.1 Å². The lowest BCUT2D eigenvalue weighted by Gasteiger charge is -2.12. The van der Waals surface area contributed by atoms with Crippen molar-refractivity contribution in [3.05, 3.63) is 11.9 Å². The van der Waals surface area contributed by atoms with Crippen LogP contribution >= 0.6 is 0 Å². The first-order chi connectivity index (χ1) is 4.72. The highest BCUT2D eigenvalue weighted by molar-refractivity contribution is 4.99. The second-order valence-corrected chi connectivity index (χ2v) is 2.42. The smallest absolute Gasteiger partial charge is 0.0443 e. The molecule has 0 aromatic heterocycles. The summed E-state index contributed by atoms with van der Waals surface area (Å²) in [5, 5.41) is 2.97. The lowest BCUT2D eigenvalue weighted by molar-refractivity contribution is 0.588. The van der Waals surface area contributed by atoms with E-state index in [1.807, 2.05) is 20.3 Å². The molecule has 0 aliphatic carbocycles. The van der Waals surface area contributed by atoms with E-state index in [4.69, 9.17) is 0 Å². The minimum Gasteiger partial charge on any atom is -0.393 e. The molecule has 0 heterocycles. The zero-order chi connectivity index (χ0) is 7.98. The first kappa shape index (κ1) is 9.30. The molecular weight excluding hydrogens is 126 g/mol. The van der Waals surface area contributed by atoms with E-state index in [9.17, 15) is 0 Å². The summed E-state index contributed by atoms with van der Waals surface area (Å²) in [5.41, 5.74) is 7.06. The van der Waals surface area contributed by atoms with Gasteiger partial charge in [-0.3, -0.25) is 0 Å². The number of rotatable bonds is 4. The van der Waals surface area contributed by atoms with Crippen molar-refractivity contribution in [3.63, 3.8) is 0 Å². The van der Waals surface area contributed by atoms with Gasteiger partial charge >= 0.3 is 0 Å². The molecular formula is C7H17N3. The van der Waals surface area contributed by atoms with Crippen molar-refractivity contribution in [2.45, 2.75) is 13.8 Å². The van der Waals surface area contributed by atoms with E-state index in [2.05, 4.69) is 30.0 Å². The topological polar surface area (TPSA) is 36.1 Å². The molecule has 0 aliphatic rings. The fourth-order valence-corrected chi connectivity index (χ4v) is 0.647. The summed E-state index contributed by atoms with van der Waals surface area (Å²) < 4.78 is 0. The van der Waals surface area contributed by atoms with Gasteiger partial charge in [-0.15, -0.1) is 0 Å². The van der Waals surface area contributed by atoms with E-state index in [1.54, 1.807) is 0 Å². The summed E-state index contributed by atoms with van der Waals surface area (Å²) in [5.74, 6) is 0.514. The average Bonchev–Trinajstić information content (AvgIpc) is 1.87. The van der Waals surface area contributed by atoms with E-state index in [-0.39, 0.29) is 0 Å². The second kappa shape index (κ2) is 5.11. The molecule has 10 heavy (non-hydrogen) atoms. The van der Waals surface area contributed by atoms with Crippen molar-refractivity contribution < 1.29 is 0 Å². The van der Waals surface area contributed by atoms with Gasteiger partial charge < -0.3 is 10.7 Å². The molecule has 0 atom stereocenters. The minimum absolute atomic E-state index is 0.514. The third-order valence-electron chi connectivity index (χ3n) is 1.19. The summed E-state index contributed by atoms with van der Waals surface area (Å²) in [6, 6.07) is 0. The second-order valence-electron chi connectivity index (χ2n) is 2.42. The maximum Gasteiger partial charge on any atom is 0.0443 e. The van der Waals surface area contributed by atoms with Crippen molar-refractivity contribution >= 4 is 0 Å². The number of hydrogen-bond donors (Lipinski definition) is 3. The Bertz CT molecular complexity index is 107. The number of allylic oxidation sites excluding steroid dienone is 1. The van der Waals surface area contributed by atoms with Crippen LogP contribution in [0.1, 0.15) is 13.8 Å². The summed E-state index contributed by atoms with van der Waals surface area (Å²) in [6.45, 7) is 4.26. The maximum atomic E-state index is 3.03. The molecule has 60 valence electrons. The fraction of sp³-hybridized carbons (Fsp3) is 0.714. The highest BCUT2D eigenvalue weighted by Gasteiger charge is 1.98. The maximum absolute atomic E-state index is 3.03. The van der Waals surface area contributed by atoms with E-state index < -0.39 is 0 Å². The highest BCUT2D eigenvalue weighted by Crippen LogP contribution is 2.01. The Morgan fingerprint density at radius 2 is 1.90 bits per heavy atom. The van der Waals surface area contributed by atoms with Crippen LogP contribution in [0.4, 0.5) is 0 Å². The Morgan fingerprint density at radius 3 is 2.20 bits per heavy atom. The van der Waals surface area contributed by atoms with Gasteiger partial charge in [0.15, 0.2) is 0 Å². The third-order valence-corrected chi connectivity index (χ3v) is 1.19. The summed E-state index contributed by atoms with van der Waals surface area (Å²) in [7, 11) is 3.74. The molecule has 0 aromatic carbocycles. The predicted octanol–water partition coefficient (Wildman–Crippen LogP) is 0.427. The van der Waals surface area contributed by atoms with E-state index >= 15 is 0 Å². The lowest BCUT2D eigenvalue weighted by atomic mass is 10.1. The van der Waals surface area contributed by atoms with Crippen LogP contribution in [-0.2, 0) is 0 Å². The van der Waals surface area contributed by atoms with Gasteiger partial charge in [-0.1, -0.05) is 13.8 Å². The average molecular weight is 143 g/mol. The molecule has 3 nitrogen and oxygen atoms in total. The van der Waals surface area contributed by atoms with Crippen molar-refractivity contribution in [1.29, 1.82) is 0 Å². The quantitative estimate of drug-likeness (QED) is 0.499. The molecule has 0 radical (unpaired) electrons. The van der Waals surface area contributed by atoms with Crippen LogP contribution in [0, 0.1) is 5.92 Å². The molecule has 3 N–H and O–H groups in total. The number of hydrogen-bond acceptors (Lipinski definition) is 3. The molecule has 0 aromatic rings. The molecule has 0 saturated heterocycles. The van der Waals surface area contributed by atoms with Crippen molar-refractivity contribution in [1.82, 2.24) is 16.2 Å². The molecule has 0 amide bonds. The van der Waals surface area contributed by atoms with Crippen LogP contribution in [0.15, 0.2) is 11.9 Å². The minimum atomic E-state index is 0.514. The van der Waals surface area contributed by atoms with Crippen LogP contribution in [0.25, 0.3) is 0 Å². The molecule has 0 bridgehead atoms. The Balaban J connectivity index is 3.85. The zero-order valence-electron chi connectivity index (χ0n) is 7.15. The van der Waals surface area contributed by atoms with Crippen LogP contribution in [0.2, 0.25) is 0 Å². The molecule has 0 unspecified atom stereocenters. The third kappa shape index (κ3) is 3.35. The standard InChI is InChI=1S/C7H17N3/c1-6(2)7(5-8-3)10-9-4/h5-6,8-10H,1-4H3/b7-5+. The van der Waals surface area contributed by atoms with Gasteiger partial charge in [0.1, 0.15) is 0 Å². The van der Waals surface area contributed by atoms with Gasteiger partial charge in [-0.05, 0) is 5.92 Å². The van der Waals surface area contributed by atoms with Gasteiger partial charge in [0, 0.05) is 26.0 Å². The Hall–Kier alpha value is -0.700. The van der Waals surface area contributed by atoms with Crippen molar-refractivity contribution in [3.8, 4) is 0 Å². The number of hydrazine groups is 1. The van der Waals surface area contributed by atoms with Gasteiger partial charge in [0.2, 0.25) is 0 Å². The van der Waals surface area contributed by atoms with Crippen molar-refractivity contribution in [2.24, 2.45) is 5.92 Å². The summed E-state index contributed by atoms with van der Waals surface area (Å²) in [4.78, 5) is 0. The monoisotopic (exact) mass is 143 g/mol. The highest BCUT2D eigenvalue weighted by atomic mass is 15.3. The molecule has 0 fully saturated rings. The Morgan fingerprint density at radius 1 is 1.30 bits per heavy atom. The zero-order valence-corrected chi connectivity index (χ0v) is 7.15. The summed E-state index contributed by atoms with van der Waals surface area (Å²) in [6.07, 6.45) is 1.95. The van der Waals surface area contributed by atoms with Crippen LogP contribution in [0.5, 0.6) is 0 Å². The first-order valence-electron chi connectivity index (χ1n) is 3.52. The van der Waals surface area contributed by atoms with E-state index in [1.165, 1.54) is 0 Å². The molecule has 0 rings (SSSR count). The largest absolute Gasteiger partial charge is 0.393 e. The Labute approximate surface area is 62.9 Å². The van der Waals surface area contributed by atoms with E-state index in [0.717, 1.165) is 5.70 Å². The van der Waals surface area contributed by atoms with Gasteiger partial charge in [-0.25, -0.2) is 5.43 Å². The molecule has 3 heteroatoms. The molecule has 0 aliphatic heterocycles. The van der Waals surface area contributed by atoms with Crippen molar-refractivity contribution in [2.75, 3.05) is 14.1 Å². The van der Waals surface area contributed by atoms with Crippen LogP contribution < -0.4 is 16.2 Å². The first-order valence-corrected chi connectivity index (χ1v) is 3.52. The van der Waals surface area contributed by atoms with E-state index in [0.29, 0.717) is 5.92 Å². The number of nitrogens with one attached hydrogen (secondary N) is 3. The van der Waals surface area contributed by atoms with Gasteiger partial charge in [0.25, 0.3) is 0 Å². The SMILES string of the molecule is CN/C=C(/NNC)C(C)C. The van der Waals surface area contributed by atoms with Gasteiger partial charge in [0.05, 0.1) is 0 Å². The predicted molar refractivity (Wildman–Crippen MR) is 44.2 cm³/mol. The summed E-state index contributed by atoms with van der Waals surface area (Å²) >= 11 is 0. The fourth-order valence-electron chi connectivity index (χ4n) is 0.647. The van der Waals surface area contributed by atoms with Gasteiger partial charge in [-0.2, -0.15) is 0 Å². The lowest BCUT2D eigenvalue weighted by Crippen LogP contribution is -2.30. The normalized spacial score (nSPS) is 11.9. The Kier molecular flexibility index (Phi) is 4.76. The molecule has 0 saturated carbocycles. The molecule has 0 spiro atoms.